The molecule has 0 N–H and O–H groups in total. The van der Waals surface area contributed by atoms with Gasteiger partial charge in [0.2, 0.25) is 0 Å². The van der Waals surface area contributed by atoms with Crippen LogP contribution in [0.25, 0.3) is 0 Å². The fourth-order valence-electron chi connectivity index (χ4n) is 4.63. The lowest BCUT2D eigenvalue weighted by Gasteiger charge is -2.38. The number of hydrogen-bond acceptors (Lipinski definition) is 0. The van der Waals surface area contributed by atoms with Crippen LogP contribution in [-0.2, 0) is 0 Å². The Kier molecular flexibility index (Phi) is 5.55. The summed E-state index contributed by atoms with van der Waals surface area (Å²) in [6.07, 6.45) is 3.64. The Bertz CT molecular complexity index is 588. The zero-order valence-corrected chi connectivity index (χ0v) is 18.0. The zero-order valence-electron chi connectivity index (χ0n) is 17.0. The molecule has 0 bridgehead atoms. The molecule has 24 heavy (non-hydrogen) atoms. The van der Waals surface area contributed by atoms with E-state index >= 15 is 0 Å². The van der Waals surface area contributed by atoms with Gasteiger partial charge in [0.25, 0.3) is 0 Å². The molecule has 2 heteroatoms. The van der Waals surface area contributed by atoms with E-state index in [2.05, 4.69) is 87.4 Å². The van der Waals surface area contributed by atoms with Gasteiger partial charge in [0.15, 0.2) is 0 Å². The molecule has 2 rings (SSSR count). The second-order valence-electron chi connectivity index (χ2n) is 9.08. The molecule has 1 aliphatic rings. The first-order valence-electron chi connectivity index (χ1n) is 9.57. The quantitative estimate of drug-likeness (QED) is 0.519. The van der Waals surface area contributed by atoms with Crippen molar-refractivity contribution in [2.24, 2.45) is 5.41 Å². The van der Waals surface area contributed by atoms with Crippen LogP contribution in [0.15, 0.2) is 18.2 Å². The molecular weight excluding hydrogens is 309 g/mol. The topological polar surface area (TPSA) is 3.24 Å². The van der Waals surface area contributed by atoms with E-state index in [1.54, 1.807) is 0 Å². The standard InChI is InChI=1S/C22H36NP/c1-9-13-22(8)14-21(6,7)23(20(22)24)19-17(15(2)3)11-10-12-18(19)16(4)5/h10-12,15-16,24H,9,13-14H2,1-8H3. The van der Waals surface area contributed by atoms with Gasteiger partial charge in [-0.1, -0.05) is 75.0 Å². The van der Waals surface area contributed by atoms with E-state index in [0.717, 1.165) is 0 Å². The molecule has 0 aliphatic carbocycles. The average Bonchev–Trinajstić information content (AvgIpc) is 2.63. The molecule has 1 fully saturated rings. The second kappa shape index (κ2) is 6.83. The first-order valence-corrected chi connectivity index (χ1v) is 10.1. The van der Waals surface area contributed by atoms with E-state index in [9.17, 15) is 0 Å². The fourth-order valence-corrected chi connectivity index (χ4v) is 5.26. The van der Waals surface area contributed by atoms with Crippen molar-refractivity contribution in [3.05, 3.63) is 29.3 Å². The summed E-state index contributed by atoms with van der Waals surface area (Å²) in [4.78, 5) is 2.62. The van der Waals surface area contributed by atoms with Crippen molar-refractivity contribution in [1.29, 1.82) is 0 Å². The van der Waals surface area contributed by atoms with E-state index in [1.165, 1.54) is 41.5 Å². The van der Waals surface area contributed by atoms with Crippen LogP contribution in [0.4, 0.5) is 5.69 Å². The minimum absolute atomic E-state index is 0.121. The molecule has 1 aliphatic heterocycles. The highest BCUT2D eigenvalue weighted by Crippen LogP contribution is 2.51. The van der Waals surface area contributed by atoms with E-state index in [-0.39, 0.29) is 11.0 Å². The maximum atomic E-state index is 4.11. The monoisotopic (exact) mass is 345 g/mol. The van der Waals surface area contributed by atoms with Crippen LogP contribution in [0.2, 0.25) is 0 Å². The Balaban J connectivity index is 2.68. The Morgan fingerprint density at radius 1 is 1.04 bits per heavy atom. The molecule has 0 amide bonds. The van der Waals surface area contributed by atoms with Gasteiger partial charge in [-0.05, 0) is 49.7 Å². The smallest absolute Gasteiger partial charge is 0.0486 e. The molecule has 1 heterocycles. The maximum Gasteiger partial charge on any atom is 0.0486 e. The van der Waals surface area contributed by atoms with Gasteiger partial charge in [-0.25, -0.2) is 0 Å². The molecule has 134 valence electrons. The molecule has 1 nitrogen and oxygen atoms in total. The molecular formula is C22H36NP. The first-order chi connectivity index (χ1) is 11.0. The van der Waals surface area contributed by atoms with Crippen molar-refractivity contribution in [2.45, 2.75) is 92.0 Å². The van der Waals surface area contributed by atoms with Crippen molar-refractivity contribution in [3.63, 3.8) is 0 Å². The van der Waals surface area contributed by atoms with Crippen molar-refractivity contribution in [3.8, 4) is 0 Å². The Morgan fingerprint density at radius 2 is 1.54 bits per heavy atom. The van der Waals surface area contributed by atoms with Gasteiger partial charge in [-0.3, -0.25) is 0 Å². The van der Waals surface area contributed by atoms with Crippen LogP contribution in [0.5, 0.6) is 0 Å². The summed E-state index contributed by atoms with van der Waals surface area (Å²) in [5.74, 6) is 1.04. The molecule has 1 unspecified atom stereocenters. The summed E-state index contributed by atoms with van der Waals surface area (Å²) in [5, 5.41) is 0. The highest BCUT2D eigenvalue weighted by Gasteiger charge is 2.49. The van der Waals surface area contributed by atoms with Gasteiger partial charge in [-0.2, -0.15) is 0 Å². The fraction of sp³-hybridized carbons (Fsp3) is 0.682. The first kappa shape index (κ1) is 19.5. The second-order valence-corrected chi connectivity index (χ2v) is 9.55. The van der Waals surface area contributed by atoms with E-state index in [0.29, 0.717) is 11.8 Å². The number of anilines is 1. The maximum absolute atomic E-state index is 4.11. The normalized spacial score (nSPS) is 23.6. The highest BCUT2D eigenvalue weighted by atomic mass is 31.0. The number of rotatable bonds is 5. The molecule has 1 atom stereocenters. The number of para-hydroxylation sites is 1. The third-order valence-corrected chi connectivity index (χ3v) is 6.42. The Hall–Kier alpha value is -0.810. The summed E-state index contributed by atoms with van der Waals surface area (Å²) in [6, 6.07) is 6.86. The lowest BCUT2D eigenvalue weighted by atomic mass is 9.80. The SMILES string of the molecule is CCCC1(C)CC(C)(C)N(c2c(C(C)C)cccc2C(C)C)C1=P. The summed E-state index contributed by atoms with van der Waals surface area (Å²) in [7, 11) is 4.11. The van der Waals surface area contributed by atoms with E-state index in [1.807, 2.05) is 0 Å². The molecule has 0 spiro atoms. The summed E-state index contributed by atoms with van der Waals surface area (Å²) < 4.78 is 0. The van der Waals surface area contributed by atoms with Gasteiger partial charge in [-0.15, -0.1) is 0 Å². The summed E-state index contributed by atoms with van der Waals surface area (Å²) >= 11 is 0. The largest absolute Gasteiger partial charge is 0.335 e. The molecule has 0 radical (unpaired) electrons. The Morgan fingerprint density at radius 3 is 1.96 bits per heavy atom. The van der Waals surface area contributed by atoms with Gasteiger partial charge >= 0.3 is 0 Å². The molecule has 1 aromatic rings. The van der Waals surface area contributed by atoms with Crippen LogP contribution < -0.4 is 4.90 Å². The van der Waals surface area contributed by atoms with Crippen molar-refractivity contribution in [1.82, 2.24) is 0 Å². The average molecular weight is 346 g/mol. The number of benzene rings is 1. The number of hydrogen-bond donors (Lipinski definition) is 0. The summed E-state index contributed by atoms with van der Waals surface area (Å²) in [6.45, 7) is 18.8. The predicted molar refractivity (Wildman–Crippen MR) is 112 cm³/mol. The van der Waals surface area contributed by atoms with Gasteiger partial charge in [0.05, 0.1) is 0 Å². The zero-order chi connectivity index (χ0) is 18.3. The predicted octanol–water partition coefficient (Wildman–Crippen LogP) is 7.00. The molecule has 0 saturated carbocycles. The van der Waals surface area contributed by atoms with Gasteiger partial charge in [0.1, 0.15) is 0 Å². The Labute approximate surface area is 152 Å². The van der Waals surface area contributed by atoms with Gasteiger partial charge in [0, 0.05) is 22.1 Å². The highest BCUT2D eigenvalue weighted by molar-refractivity contribution is 7.22. The lowest BCUT2D eigenvalue weighted by molar-refractivity contribution is 0.354. The van der Waals surface area contributed by atoms with Crippen LogP contribution in [-0.4, -0.2) is 11.0 Å². The third kappa shape index (κ3) is 3.30. The van der Waals surface area contributed by atoms with E-state index in [4.69, 9.17) is 0 Å². The third-order valence-electron chi connectivity index (χ3n) is 5.59. The molecule has 1 saturated heterocycles. The van der Waals surface area contributed by atoms with Crippen molar-refractivity contribution >= 4 is 20.0 Å². The van der Waals surface area contributed by atoms with Crippen molar-refractivity contribution < 1.29 is 0 Å². The minimum Gasteiger partial charge on any atom is -0.335 e. The minimum atomic E-state index is 0.121. The van der Waals surface area contributed by atoms with Crippen molar-refractivity contribution in [2.75, 3.05) is 4.90 Å². The van der Waals surface area contributed by atoms with E-state index < -0.39 is 0 Å². The lowest BCUT2D eigenvalue weighted by Crippen LogP contribution is -2.42. The molecule has 1 aromatic carbocycles. The summed E-state index contributed by atoms with van der Waals surface area (Å²) in [5.41, 5.74) is 6.08. The van der Waals surface area contributed by atoms with Crippen LogP contribution in [0.1, 0.15) is 97.6 Å². The van der Waals surface area contributed by atoms with Crippen LogP contribution in [0, 0.1) is 5.41 Å². The van der Waals surface area contributed by atoms with Gasteiger partial charge < -0.3 is 4.90 Å². The molecule has 0 aromatic heterocycles. The van der Waals surface area contributed by atoms with Crippen LogP contribution >= 0.6 is 8.86 Å². The van der Waals surface area contributed by atoms with Crippen LogP contribution in [0.3, 0.4) is 0 Å². The number of nitrogens with zero attached hydrogens (tertiary/aromatic N) is 1.